The second kappa shape index (κ2) is 9.82. The van der Waals surface area contributed by atoms with Crippen LogP contribution in [0.15, 0.2) is 47.4 Å². The third kappa shape index (κ3) is 5.07. The fraction of sp³-hybridized carbons (Fsp3) is 0.364. The lowest BCUT2D eigenvalue weighted by Gasteiger charge is -2.29. The highest BCUT2D eigenvalue weighted by atomic mass is 32.2. The Kier molecular flexibility index (Phi) is 7.05. The molecule has 0 spiro atoms. The number of fused-ring (bicyclic) bond motifs is 1. The van der Waals surface area contributed by atoms with Gasteiger partial charge in [-0.05, 0) is 36.4 Å². The Labute approximate surface area is 196 Å². The molecule has 1 aromatic heterocycles. The van der Waals surface area contributed by atoms with E-state index in [-0.39, 0.29) is 16.3 Å². The largest absolute Gasteiger partial charge is 0.379 e. The molecule has 2 heterocycles. The second-order valence-corrected chi connectivity index (χ2v) is 11.0. The minimum absolute atomic E-state index is 0.103. The maximum atomic E-state index is 14.2. The molecule has 1 fully saturated rings. The number of nitrogens with zero attached hydrogens (tertiary/aromatic N) is 4. The Morgan fingerprint density at radius 3 is 2.48 bits per heavy atom. The van der Waals surface area contributed by atoms with Crippen molar-refractivity contribution in [1.82, 2.24) is 14.2 Å². The standard InChI is InChI=1S/C22H25FN4O4S2/c1-25(2)33(29,30)17-8-6-16(7-9-17)21(28)27(11-10-26-12-14-31-15-13-26)22-24-20-18(23)4-3-5-19(20)32-22/h3-9H,10-15H2,1-2H3. The van der Waals surface area contributed by atoms with Crippen LogP contribution in [0.4, 0.5) is 9.52 Å². The predicted octanol–water partition coefficient (Wildman–Crippen LogP) is 2.66. The van der Waals surface area contributed by atoms with E-state index in [0.717, 1.165) is 17.4 Å². The molecule has 1 aliphatic heterocycles. The molecule has 0 unspecified atom stereocenters. The Hall–Kier alpha value is -2.44. The van der Waals surface area contributed by atoms with E-state index in [2.05, 4.69) is 9.88 Å². The van der Waals surface area contributed by atoms with Crippen LogP contribution in [0.25, 0.3) is 10.2 Å². The molecule has 0 atom stereocenters. The van der Waals surface area contributed by atoms with E-state index in [1.807, 2.05) is 0 Å². The summed E-state index contributed by atoms with van der Waals surface area (Å²) < 4.78 is 46.1. The zero-order valence-corrected chi connectivity index (χ0v) is 20.0. The number of hydrogen-bond acceptors (Lipinski definition) is 7. The number of halogens is 1. The van der Waals surface area contributed by atoms with Crippen molar-refractivity contribution in [2.24, 2.45) is 0 Å². The number of anilines is 1. The highest BCUT2D eigenvalue weighted by Gasteiger charge is 2.24. The fourth-order valence-electron chi connectivity index (χ4n) is 3.51. The average molecular weight is 493 g/mol. The van der Waals surface area contributed by atoms with E-state index in [4.69, 9.17) is 4.74 Å². The monoisotopic (exact) mass is 492 g/mol. The van der Waals surface area contributed by atoms with Crippen LogP contribution in [0, 0.1) is 5.82 Å². The van der Waals surface area contributed by atoms with Crippen molar-refractivity contribution in [3.8, 4) is 0 Å². The molecule has 3 aromatic rings. The number of morpholine rings is 1. The van der Waals surface area contributed by atoms with Gasteiger partial charge in [0.1, 0.15) is 11.3 Å². The van der Waals surface area contributed by atoms with Gasteiger partial charge >= 0.3 is 0 Å². The van der Waals surface area contributed by atoms with E-state index in [1.165, 1.54) is 60.7 Å². The first-order valence-electron chi connectivity index (χ1n) is 10.5. The Bertz CT molecular complexity index is 1240. The lowest BCUT2D eigenvalue weighted by atomic mass is 10.2. The Morgan fingerprint density at radius 2 is 1.85 bits per heavy atom. The molecular weight excluding hydrogens is 467 g/mol. The molecule has 1 aliphatic rings. The molecule has 0 saturated carbocycles. The van der Waals surface area contributed by atoms with Gasteiger partial charge in [0, 0.05) is 45.8 Å². The van der Waals surface area contributed by atoms with Crippen molar-refractivity contribution >= 4 is 42.6 Å². The number of para-hydroxylation sites is 1. The molecule has 1 saturated heterocycles. The zero-order valence-electron chi connectivity index (χ0n) is 18.4. The highest BCUT2D eigenvalue weighted by Crippen LogP contribution is 2.31. The number of sulfonamides is 1. The van der Waals surface area contributed by atoms with Crippen LogP contribution in [-0.4, -0.2) is 82.0 Å². The minimum Gasteiger partial charge on any atom is -0.379 e. The molecular formula is C22H25FN4O4S2. The van der Waals surface area contributed by atoms with E-state index < -0.39 is 15.8 Å². The zero-order chi connectivity index (χ0) is 23.6. The molecule has 0 N–H and O–H groups in total. The predicted molar refractivity (Wildman–Crippen MR) is 126 cm³/mol. The summed E-state index contributed by atoms with van der Waals surface area (Å²) >= 11 is 1.25. The number of ether oxygens (including phenoxy) is 1. The number of aromatic nitrogens is 1. The molecule has 0 bridgehead atoms. The van der Waals surface area contributed by atoms with Crippen LogP contribution in [0.5, 0.6) is 0 Å². The molecule has 0 aliphatic carbocycles. The summed E-state index contributed by atoms with van der Waals surface area (Å²) in [7, 11) is -0.696. The van der Waals surface area contributed by atoms with Gasteiger partial charge in [-0.3, -0.25) is 14.6 Å². The third-order valence-corrected chi connectivity index (χ3v) is 8.33. The van der Waals surface area contributed by atoms with Crippen LogP contribution in [-0.2, 0) is 14.8 Å². The van der Waals surface area contributed by atoms with E-state index >= 15 is 0 Å². The molecule has 33 heavy (non-hydrogen) atoms. The van der Waals surface area contributed by atoms with E-state index in [1.54, 1.807) is 12.1 Å². The number of amides is 1. The van der Waals surface area contributed by atoms with Crippen LogP contribution < -0.4 is 4.90 Å². The van der Waals surface area contributed by atoms with Gasteiger partial charge in [0.15, 0.2) is 5.13 Å². The van der Waals surface area contributed by atoms with Crippen molar-refractivity contribution in [2.75, 3.05) is 58.4 Å². The molecule has 8 nitrogen and oxygen atoms in total. The van der Waals surface area contributed by atoms with Crippen molar-refractivity contribution < 1.29 is 22.3 Å². The van der Waals surface area contributed by atoms with Crippen LogP contribution in [0.1, 0.15) is 10.4 Å². The number of thiazole rings is 1. The first-order valence-corrected chi connectivity index (χ1v) is 12.7. The number of hydrogen-bond donors (Lipinski definition) is 0. The van der Waals surface area contributed by atoms with Crippen molar-refractivity contribution in [2.45, 2.75) is 4.90 Å². The normalized spacial score (nSPS) is 15.3. The minimum atomic E-state index is -3.60. The molecule has 11 heteroatoms. The average Bonchev–Trinajstić information content (AvgIpc) is 3.25. The van der Waals surface area contributed by atoms with Crippen molar-refractivity contribution in [3.63, 3.8) is 0 Å². The summed E-state index contributed by atoms with van der Waals surface area (Å²) in [5.41, 5.74) is 0.559. The summed E-state index contributed by atoms with van der Waals surface area (Å²) in [6.45, 7) is 3.80. The van der Waals surface area contributed by atoms with Gasteiger partial charge in [-0.25, -0.2) is 22.1 Å². The van der Waals surface area contributed by atoms with Crippen LogP contribution in [0.2, 0.25) is 0 Å². The summed E-state index contributed by atoms with van der Waals surface area (Å²) in [4.78, 5) is 21.7. The molecule has 0 radical (unpaired) electrons. The van der Waals surface area contributed by atoms with Gasteiger partial charge in [-0.2, -0.15) is 0 Å². The Balaban J connectivity index is 1.64. The van der Waals surface area contributed by atoms with Crippen LogP contribution >= 0.6 is 11.3 Å². The SMILES string of the molecule is CN(C)S(=O)(=O)c1ccc(C(=O)N(CCN2CCOCC2)c2nc3c(F)cccc3s2)cc1. The van der Waals surface area contributed by atoms with Crippen LogP contribution in [0.3, 0.4) is 0 Å². The summed E-state index contributed by atoms with van der Waals surface area (Å²) in [5, 5.41) is 0.401. The van der Waals surface area contributed by atoms with Gasteiger partial charge in [0.05, 0.1) is 22.8 Å². The molecule has 4 rings (SSSR count). The number of carbonyl (C=O) groups is 1. The van der Waals surface area contributed by atoms with Gasteiger partial charge < -0.3 is 4.74 Å². The topological polar surface area (TPSA) is 83.1 Å². The van der Waals surface area contributed by atoms with Crippen molar-refractivity contribution in [1.29, 1.82) is 0 Å². The first-order chi connectivity index (χ1) is 15.8. The second-order valence-electron chi connectivity index (χ2n) is 7.81. The highest BCUT2D eigenvalue weighted by molar-refractivity contribution is 7.89. The lowest BCUT2D eigenvalue weighted by molar-refractivity contribution is 0.0391. The summed E-state index contributed by atoms with van der Waals surface area (Å²) in [6, 6.07) is 10.5. The molecule has 176 valence electrons. The third-order valence-electron chi connectivity index (χ3n) is 5.46. The summed E-state index contributed by atoms with van der Waals surface area (Å²) in [6.07, 6.45) is 0. The quantitative estimate of drug-likeness (QED) is 0.504. The van der Waals surface area contributed by atoms with Gasteiger partial charge in [-0.1, -0.05) is 17.4 Å². The van der Waals surface area contributed by atoms with Gasteiger partial charge in [0.25, 0.3) is 5.91 Å². The van der Waals surface area contributed by atoms with E-state index in [0.29, 0.717) is 41.7 Å². The van der Waals surface area contributed by atoms with E-state index in [9.17, 15) is 17.6 Å². The maximum Gasteiger partial charge on any atom is 0.260 e. The molecule has 2 aromatic carbocycles. The molecule has 1 amide bonds. The fourth-order valence-corrected chi connectivity index (χ4v) is 5.41. The lowest BCUT2D eigenvalue weighted by Crippen LogP contribution is -2.43. The summed E-state index contributed by atoms with van der Waals surface area (Å²) in [5.74, 6) is -0.759. The number of carbonyl (C=O) groups excluding carboxylic acids is 1. The van der Waals surface area contributed by atoms with Gasteiger partial charge in [0.2, 0.25) is 10.0 Å². The first kappa shape index (κ1) is 23.7. The van der Waals surface area contributed by atoms with Crippen molar-refractivity contribution in [3.05, 3.63) is 53.8 Å². The maximum absolute atomic E-state index is 14.2. The number of rotatable bonds is 7. The smallest absolute Gasteiger partial charge is 0.260 e. The Morgan fingerprint density at radius 1 is 1.15 bits per heavy atom. The number of benzene rings is 2. The van der Waals surface area contributed by atoms with Gasteiger partial charge in [-0.15, -0.1) is 0 Å².